The number of rotatable bonds is 34. The van der Waals surface area contributed by atoms with E-state index >= 15 is 9.59 Å². The number of likely N-dealkylation sites (N-methyl/N-ethyl adjacent to an activating group) is 7. The molecule has 0 aromatic rings. The van der Waals surface area contributed by atoms with Crippen molar-refractivity contribution in [1.29, 1.82) is 0 Å². The maximum absolute atomic E-state index is 15.0. The SMILES string of the molecule is C/C=C/C[C@@H](C)[C@H](O)C(C(=O)N[C@H](CC)C(=O)N(C)CC(=O)N(C)[C@@H](CC(C)C)C(N)=O)N(C)C(=O)[C@H](C(C)C)N(C)C(=O)[C@@H](CC(C)C)N(C)C(=O)[C@@H](CC(C)C)N(C)C(=O)[C@H](C)NC(=O)[C@@H](C)NC(=O)CN(C)C(=O)[C@H](C)C(C)C. The van der Waals surface area contributed by atoms with E-state index in [4.69, 9.17) is 5.73 Å². The Labute approximate surface area is 490 Å². The van der Waals surface area contributed by atoms with Crippen molar-refractivity contribution in [3.05, 3.63) is 12.2 Å². The Morgan fingerprint density at radius 1 is 0.488 bits per heavy atom. The van der Waals surface area contributed by atoms with Gasteiger partial charge in [-0.15, -0.1) is 0 Å². The number of allylic oxidation sites excluding steroid dienone is 2. The number of amides is 11. The molecule has 0 aliphatic heterocycles. The zero-order chi connectivity index (χ0) is 64.1. The number of hydrogen-bond donors (Lipinski definition) is 5. The van der Waals surface area contributed by atoms with Crippen molar-refractivity contribution in [3.8, 4) is 0 Å². The van der Waals surface area contributed by atoms with Gasteiger partial charge < -0.3 is 61.1 Å². The second kappa shape index (κ2) is 35.1. The summed E-state index contributed by atoms with van der Waals surface area (Å²) in [6.07, 6.45) is 3.08. The molecule has 0 aromatic heterocycles. The zero-order valence-corrected chi connectivity index (χ0v) is 54.0. The number of carbonyl (C=O) groups excluding carboxylic acids is 11. The van der Waals surface area contributed by atoms with E-state index < -0.39 is 132 Å². The summed E-state index contributed by atoms with van der Waals surface area (Å²) < 4.78 is 0. The molecule has 0 aromatic carbocycles. The molecule has 0 aliphatic rings. The van der Waals surface area contributed by atoms with Crippen LogP contribution in [0.15, 0.2) is 12.2 Å². The third kappa shape index (κ3) is 22.6. The largest absolute Gasteiger partial charge is 0.390 e. The molecule has 23 heteroatoms. The molecule has 0 aliphatic carbocycles. The van der Waals surface area contributed by atoms with Gasteiger partial charge in [-0.1, -0.05) is 102 Å². The summed E-state index contributed by atoms with van der Waals surface area (Å²) in [7, 11) is 9.97. The lowest BCUT2D eigenvalue weighted by Crippen LogP contribution is -2.63. The summed E-state index contributed by atoms with van der Waals surface area (Å²) in [5.74, 6) is -8.48. The number of aliphatic hydroxyl groups excluding tert-OH is 1. The fourth-order valence-electron chi connectivity index (χ4n) is 9.59. The lowest BCUT2D eigenvalue weighted by Gasteiger charge is -2.41. The maximum atomic E-state index is 15.0. The van der Waals surface area contributed by atoms with Crippen LogP contribution in [-0.4, -0.2) is 221 Å². The maximum Gasteiger partial charge on any atom is 0.246 e. The topological polar surface area (TPSA) is 293 Å². The number of nitrogens with one attached hydrogen (secondary N) is 3. The van der Waals surface area contributed by atoms with Crippen LogP contribution < -0.4 is 21.7 Å². The van der Waals surface area contributed by atoms with Gasteiger partial charge in [0.05, 0.1) is 19.2 Å². The third-order valence-corrected chi connectivity index (χ3v) is 15.2. The smallest absolute Gasteiger partial charge is 0.246 e. The summed E-state index contributed by atoms with van der Waals surface area (Å²) in [6, 6.07) is -9.52. The number of carbonyl (C=O) groups is 11. The molecule has 11 amide bonds. The molecule has 470 valence electrons. The van der Waals surface area contributed by atoms with Gasteiger partial charge in [0.2, 0.25) is 65.0 Å². The van der Waals surface area contributed by atoms with Crippen molar-refractivity contribution < 1.29 is 57.8 Å². The summed E-state index contributed by atoms with van der Waals surface area (Å²) in [6.45, 7) is 27.6. The van der Waals surface area contributed by atoms with Gasteiger partial charge in [-0.2, -0.15) is 0 Å². The highest BCUT2D eigenvalue weighted by Crippen LogP contribution is 2.25. The molecule has 0 saturated heterocycles. The van der Waals surface area contributed by atoms with Crippen LogP contribution in [0.3, 0.4) is 0 Å². The monoisotopic (exact) mass is 1160 g/mol. The number of nitrogens with two attached hydrogens (primary N) is 1. The van der Waals surface area contributed by atoms with Crippen LogP contribution in [0.25, 0.3) is 0 Å². The first-order valence-electron chi connectivity index (χ1n) is 29.0. The highest BCUT2D eigenvalue weighted by molar-refractivity contribution is 5.98. The summed E-state index contributed by atoms with van der Waals surface area (Å²) in [5.41, 5.74) is 5.62. The fourth-order valence-corrected chi connectivity index (χ4v) is 9.59. The Kier molecular flexibility index (Phi) is 32.5. The molecule has 0 saturated carbocycles. The van der Waals surface area contributed by atoms with E-state index in [1.165, 1.54) is 87.7 Å². The first-order valence-corrected chi connectivity index (χ1v) is 29.0. The zero-order valence-electron chi connectivity index (χ0n) is 54.0. The molecule has 11 atom stereocenters. The summed E-state index contributed by atoms with van der Waals surface area (Å²) in [4.78, 5) is 161. The predicted molar refractivity (Wildman–Crippen MR) is 316 cm³/mol. The first kappa shape index (κ1) is 75.9. The lowest BCUT2D eigenvalue weighted by atomic mass is 9.91. The van der Waals surface area contributed by atoms with E-state index in [-0.39, 0.29) is 61.3 Å². The first-order chi connectivity index (χ1) is 37.7. The minimum atomic E-state index is -1.60. The van der Waals surface area contributed by atoms with E-state index in [0.717, 1.165) is 9.80 Å². The van der Waals surface area contributed by atoms with Crippen molar-refractivity contribution in [2.24, 2.45) is 47.2 Å². The molecule has 0 fully saturated rings. The standard InChI is InChI=1S/C59H107N11O12/c1-24-26-27-38(13)50(73)49(53(76)63-42(25-2)56(79)65(18)32-47(72)66(19)43(51(60)74)28-33(3)4)70(23)59(82)48(37(11)12)69(22)58(81)45(30-35(7)8)68(21)57(80)44(29-34(5)6)67(20)55(78)41(16)62-52(75)40(15)61-46(71)31-64(17)54(77)39(14)36(9)10/h24,26,33-45,48-50,73H,25,27-32H2,1-23H3,(H2,60,74)(H,61,71)(H,62,75)(H,63,76)/b26-24+/t38-,39-,40-,41+,42-,43+,44-,45-,48+,49?,50+/m1/s1. The lowest BCUT2D eigenvalue weighted by molar-refractivity contribution is -0.157. The molecule has 1 unspecified atom stereocenters. The summed E-state index contributed by atoms with van der Waals surface area (Å²) in [5, 5.41) is 19.9. The predicted octanol–water partition coefficient (Wildman–Crippen LogP) is 2.48. The second-order valence-corrected chi connectivity index (χ2v) is 24.5. The van der Waals surface area contributed by atoms with Crippen LogP contribution in [0.5, 0.6) is 0 Å². The number of nitrogens with zero attached hydrogens (tertiary/aromatic N) is 7. The van der Waals surface area contributed by atoms with Crippen molar-refractivity contribution >= 4 is 65.0 Å². The van der Waals surface area contributed by atoms with E-state index in [0.29, 0.717) is 12.8 Å². The van der Waals surface area contributed by atoms with Gasteiger partial charge in [0, 0.05) is 55.3 Å². The van der Waals surface area contributed by atoms with Crippen molar-refractivity contribution in [1.82, 2.24) is 50.2 Å². The average Bonchev–Trinajstić information content (AvgIpc) is 3.39. The Hall–Kier alpha value is -6.13. The molecule has 0 spiro atoms. The quantitative estimate of drug-likeness (QED) is 0.0581. The van der Waals surface area contributed by atoms with Crippen molar-refractivity contribution in [2.45, 2.75) is 197 Å². The molecule has 0 radical (unpaired) electrons. The Morgan fingerprint density at radius 2 is 0.939 bits per heavy atom. The van der Waals surface area contributed by atoms with Gasteiger partial charge in [-0.25, -0.2) is 0 Å². The van der Waals surface area contributed by atoms with E-state index in [1.807, 2.05) is 55.4 Å². The molecular weight excluding hydrogens is 1050 g/mol. The van der Waals surface area contributed by atoms with Crippen LogP contribution in [0.1, 0.15) is 143 Å². The molecular formula is C59H107N11O12. The highest BCUT2D eigenvalue weighted by Gasteiger charge is 2.45. The third-order valence-electron chi connectivity index (χ3n) is 15.2. The van der Waals surface area contributed by atoms with Gasteiger partial charge >= 0.3 is 0 Å². The molecule has 23 nitrogen and oxygen atoms in total. The molecule has 0 bridgehead atoms. The Bertz CT molecular complexity index is 2200. The van der Waals surface area contributed by atoms with E-state index in [1.54, 1.807) is 53.7 Å². The highest BCUT2D eigenvalue weighted by atomic mass is 16.3. The van der Waals surface area contributed by atoms with Crippen molar-refractivity contribution in [3.63, 3.8) is 0 Å². The van der Waals surface area contributed by atoms with Crippen LogP contribution >= 0.6 is 0 Å². The number of primary amides is 1. The van der Waals surface area contributed by atoms with Crippen molar-refractivity contribution in [2.75, 3.05) is 62.4 Å². The number of aliphatic hydroxyl groups is 1. The molecule has 6 N–H and O–H groups in total. The average molecular weight is 1160 g/mol. The van der Waals surface area contributed by atoms with Gasteiger partial charge in [0.1, 0.15) is 48.3 Å². The summed E-state index contributed by atoms with van der Waals surface area (Å²) >= 11 is 0. The van der Waals surface area contributed by atoms with Gasteiger partial charge in [0.15, 0.2) is 0 Å². The van der Waals surface area contributed by atoms with Crippen LogP contribution in [0.4, 0.5) is 0 Å². The van der Waals surface area contributed by atoms with Crippen LogP contribution in [0.2, 0.25) is 0 Å². The van der Waals surface area contributed by atoms with Gasteiger partial charge in [-0.05, 0) is 88.4 Å². The Balaban J connectivity index is 6.96. The Morgan fingerprint density at radius 3 is 1.38 bits per heavy atom. The normalized spacial score (nSPS) is 15.7. The van der Waals surface area contributed by atoms with Gasteiger partial charge in [-0.3, -0.25) is 52.7 Å². The minimum absolute atomic E-state index is 0.0380. The van der Waals surface area contributed by atoms with E-state index in [2.05, 4.69) is 16.0 Å². The molecule has 0 rings (SSSR count). The molecule has 0 heterocycles. The fraction of sp³-hybridized carbons (Fsp3) is 0.780. The van der Waals surface area contributed by atoms with Gasteiger partial charge in [0.25, 0.3) is 0 Å². The van der Waals surface area contributed by atoms with Crippen LogP contribution in [-0.2, 0) is 52.7 Å². The molecule has 82 heavy (non-hydrogen) atoms. The number of hydrogen-bond acceptors (Lipinski definition) is 12. The van der Waals surface area contributed by atoms with Crippen LogP contribution in [0, 0.1) is 41.4 Å². The van der Waals surface area contributed by atoms with E-state index in [9.17, 15) is 48.3 Å². The minimum Gasteiger partial charge on any atom is -0.390 e. The second-order valence-electron chi connectivity index (χ2n) is 24.5.